The molecule has 6 rings (SSSR count). The van der Waals surface area contributed by atoms with E-state index in [1.54, 1.807) is 30.3 Å². The minimum absolute atomic E-state index is 0.127. The molecule has 2 atom stereocenters. The number of alkyl halides is 3. The first-order valence-electron chi connectivity index (χ1n) is 13.1. The molecule has 11 heteroatoms. The number of fused-ring (bicyclic) bond motifs is 3. The number of halogens is 3. The number of carboxylic acids is 1. The summed E-state index contributed by atoms with van der Waals surface area (Å²) in [6.07, 6.45) is -2.87. The first-order valence-corrected chi connectivity index (χ1v) is 13.9. The highest BCUT2D eigenvalue weighted by atomic mass is 32.1. The monoisotopic (exact) mass is 569 g/mol. The second-order valence-corrected chi connectivity index (χ2v) is 11.3. The van der Waals surface area contributed by atoms with E-state index in [0.717, 1.165) is 45.9 Å². The van der Waals surface area contributed by atoms with Gasteiger partial charge >= 0.3 is 12.1 Å². The minimum atomic E-state index is -4.69. The molecule has 0 saturated carbocycles. The summed E-state index contributed by atoms with van der Waals surface area (Å²) in [5.74, 6) is -1.62. The van der Waals surface area contributed by atoms with Gasteiger partial charge in [0.05, 0.1) is 22.6 Å². The number of aromatic nitrogens is 2. The first-order chi connectivity index (χ1) is 19.2. The van der Waals surface area contributed by atoms with Gasteiger partial charge < -0.3 is 14.7 Å². The number of aliphatic carboxylic acids is 1. The highest BCUT2D eigenvalue weighted by molar-refractivity contribution is 7.18. The predicted molar refractivity (Wildman–Crippen MR) is 143 cm³/mol. The molecule has 2 N–H and O–H groups in total. The Hall–Kier alpha value is -3.54. The second-order valence-electron chi connectivity index (χ2n) is 10.3. The quantitative estimate of drug-likeness (QED) is 0.290. The van der Waals surface area contributed by atoms with Crippen LogP contribution in [0.15, 0.2) is 53.1 Å². The van der Waals surface area contributed by atoms with Gasteiger partial charge in [-0.15, -0.1) is 11.3 Å². The number of hydrogen-bond donors (Lipinski definition) is 2. The van der Waals surface area contributed by atoms with Crippen molar-refractivity contribution in [1.29, 1.82) is 0 Å². The molecule has 7 nitrogen and oxygen atoms in total. The van der Waals surface area contributed by atoms with Crippen molar-refractivity contribution in [3.8, 4) is 32.5 Å². The Balaban J connectivity index is 1.28. The molecule has 1 fully saturated rings. The maximum atomic E-state index is 14.2. The number of carboxylic acid groups (broad SMARTS) is 1. The van der Waals surface area contributed by atoms with Crippen molar-refractivity contribution < 1.29 is 32.7 Å². The van der Waals surface area contributed by atoms with Crippen LogP contribution in [-0.2, 0) is 23.8 Å². The number of aryl methyl sites for hydroxylation is 2. The Bertz CT molecular complexity index is 1550. The highest BCUT2D eigenvalue weighted by Gasteiger charge is 2.42. The summed E-state index contributed by atoms with van der Waals surface area (Å²) < 4.78 is 47.9. The number of piperidine rings is 1. The molecular formula is C29H26F3N3O4S. The number of β-amino-alcohol motifs (C(OH)–C–C–N with tert-alkyl or cyclic N) is 1. The number of hydrogen-bond acceptors (Lipinski definition) is 7. The largest absolute Gasteiger partial charge is 0.481 e. The molecule has 1 aliphatic heterocycles. The van der Waals surface area contributed by atoms with Crippen molar-refractivity contribution in [2.45, 2.75) is 38.0 Å². The summed E-state index contributed by atoms with van der Waals surface area (Å²) in [6, 6.07) is 13.8. The number of benzene rings is 2. The molecular weight excluding hydrogens is 543 g/mol. The van der Waals surface area contributed by atoms with E-state index in [9.17, 15) is 28.2 Å². The Morgan fingerprint density at radius 1 is 1.18 bits per heavy atom. The van der Waals surface area contributed by atoms with Gasteiger partial charge in [0.1, 0.15) is 11.3 Å². The average Bonchev–Trinajstić information content (AvgIpc) is 3.58. The lowest BCUT2D eigenvalue weighted by Crippen LogP contribution is -2.40. The number of aliphatic hydroxyl groups is 1. The number of thiazole rings is 1. The van der Waals surface area contributed by atoms with E-state index >= 15 is 0 Å². The third kappa shape index (κ3) is 5.04. The van der Waals surface area contributed by atoms with E-state index in [-0.39, 0.29) is 16.5 Å². The van der Waals surface area contributed by atoms with Gasteiger partial charge in [-0.1, -0.05) is 53.7 Å². The van der Waals surface area contributed by atoms with Crippen molar-refractivity contribution in [3.05, 3.63) is 70.9 Å². The Kier molecular flexibility index (Phi) is 6.97. The van der Waals surface area contributed by atoms with Gasteiger partial charge in [-0.3, -0.25) is 9.69 Å². The van der Waals surface area contributed by atoms with E-state index in [4.69, 9.17) is 4.52 Å². The second kappa shape index (κ2) is 10.5. The Morgan fingerprint density at radius 3 is 2.73 bits per heavy atom. The lowest BCUT2D eigenvalue weighted by Gasteiger charge is -2.32. The molecule has 0 spiro atoms. The molecule has 0 bridgehead atoms. The Morgan fingerprint density at radius 2 is 1.98 bits per heavy atom. The highest BCUT2D eigenvalue weighted by Crippen LogP contribution is 2.47. The first kappa shape index (κ1) is 26.7. The third-order valence-corrected chi connectivity index (χ3v) is 8.72. The van der Waals surface area contributed by atoms with Crippen molar-refractivity contribution in [3.63, 3.8) is 0 Å². The summed E-state index contributed by atoms with van der Waals surface area (Å²) in [4.78, 5) is 18.7. The van der Waals surface area contributed by atoms with Crippen LogP contribution in [0.1, 0.15) is 41.3 Å². The summed E-state index contributed by atoms with van der Waals surface area (Å²) in [5, 5.41) is 24.2. The summed E-state index contributed by atoms with van der Waals surface area (Å²) in [6.45, 7) is 1.50. The molecule has 0 unspecified atom stereocenters. The van der Waals surface area contributed by atoms with Crippen LogP contribution < -0.4 is 0 Å². The van der Waals surface area contributed by atoms with Crippen molar-refractivity contribution in [1.82, 2.24) is 15.0 Å². The number of rotatable bonds is 6. The van der Waals surface area contributed by atoms with E-state index < -0.39 is 29.7 Å². The van der Waals surface area contributed by atoms with E-state index in [1.165, 1.54) is 0 Å². The summed E-state index contributed by atoms with van der Waals surface area (Å²) in [5.41, 5.74) is 2.41. The van der Waals surface area contributed by atoms with Crippen LogP contribution in [0.3, 0.4) is 0 Å². The zero-order valence-electron chi connectivity index (χ0n) is 21.3. The SMILES string of the molecule is O=C(O)[C@H]1CCCN(C[C@H](O)c2ccc3c(c2)CCc2nc(-c4onc(-c5ccccc5)c4C(F)(F)F)sc2-3)C1. The van der Waals surface area contributed by atoms with Crippen LogP contribution in [0.4, 0.5) is 13.2 Å². The topological polar surface area (TPSA) is 99.7 Å². The van der Waals surface area contributed by atoms with Crippen LogP contribution >= 0.6 is 11.3 Å². The molecule has 0 amide bonds. The number of carbonyl (C=O) groups is 1. The molecule has 2 aliphatic rings. The average molecular weight is 570 g/mol. The number of likely N-dealkylation sites (tertiary alicyclic amines) is 1. The van der Waals surface area contributed by atoms with Gasteiger partial charge in [0.25, 0.3) is 0 Å². The normalized spacial score (nSPS) is 18.2. The smallest absolute Gasteiger partial charge is 0.422 e. The fraction of sp³-hybridized carbons (Fsp3) is 0.345. The molecule has 4 aromatic rings. The van der Waals surface area contributed by atoms with Crippen LogP contribution in [0.25, 0.3) is 32.5 Å². The molecule has 1 saturated heterocycles. The van der Waals surface area contributed by atoms with Crippen LogP contribution in [0.2, 0.25) is 0 Å². The van der Waals surface area contributed by atoms with Crippen molar-refractivity contribution in [2.24, 2.45) is 5.92 Å². The summed E-state index contributed by atoms with van der Waals surface area (Å²) >= 11 is 1.14. The van der Waals surface area contributed by atoms with Crippen LogP contribution in [0, 0.1) is 5.92 Å². The van der Waals surface area contributed by atoms with Gasteiger partial charge in [-0.05, 0) is 48.9 Å². The van der Waals surface area contributed by atoms with Gasteiger partial charge in [0, 0.05) is 18.7 Å². The molecule has 2 aromatic heterocycles. The molecule has 0 radical (unpaired) electrons. The molecule has 208 valence electrons. The number of aliphatic hydroxyl groups excluding tert-OH is 1. The van der Waals surface area contributed by atoms with Gasteiger partial charge in [0.15, 0.2) is 5.01 Å². The predicted octanol–water partition coefficient (Wildman–Crippen LogP) is 6.08. The third-order valence-electron chi connectivity index (χ3n) is 7.59. The van der Waals surface area contributed by atoms with Gasteiger partial charge in [0.2, 0.25) is 5.76 Å². The lowest BCUT2D eigenvalue weighted by atomic mass is 9.91. The van der Waals surface area contributed by atoms with Gasteiger partial charge in [-0.25, -0.2) is 4.98 Å². The van der Waals surface area contributed by atoms with Crippen molar-refractivity contribution in [2.75, 3.05) is 19.6 Å². The minimum Gasteiger partial charge on any atom is -0.481 e. The lowest BCUT2D eigenvalue weighted by molar-refractivity contribution is -0.143. The van der Waals surface area contributed by atoms with E-state index in [1.807, 2.05) is 23.1 Å². The molecule has 1 aliphatic carbocycles. The van der Waals surface area contributed by atoms with Gasteiger partial charge in [-0.2, -0.15) is 13.2 Å². The molecule has 3 heterocycles. The van der Waals surface area contributed by atoms with Crippen LogP contribution in [-0.4, -0.2) is 50.9 Å². The zero-order valence-corrected chi connectivity index (χ0v) is 22.1. The standard InChI is InChI=1S/C29H26F3N3O4S/c30-29(31,32)23-24(16-5-2-1-3-6-16)34-39-25(23)27-33-21-11-9-17-13-18(8-10-20(17)26(21)40-27)22(36)15-35-12-4-7-19(14-35)28(37)38/h1-3,5-6,8,10,13,19,22,36H,4,7,9,11-12,14-15H2,(H,37,38)/t19-,22-/m0/s1. The Labute approximate surface area is 231 Å². The number of nitrogens with zero attached hydrogens (tertiary/aromatic N) is 3. The fourth-order valence-electron chi connectivity index (χ4n) is 5.60. The summed E-state index contributed by atoms with van der Waals surface area (Å²) in [7, 11) is 0. The zero-order chi connectivity index (χ0) is 28.0. The maximum Gasteiger partial charge on any atom is 0.422 e. The van der Waals surface area contributed by atoms with Crippen molar-refractivity contribution >= 4 is 17.3 Å². The molecule has 2 aromatic carbocycles. The fourth-order valence-corrected chi connectivity index (χ4v) is 6.75. The van der Waals surface area contributed by atoms with E-state index in [2.05, 4.69) is 10.1 Å². The van der Waals surface area contributed by atoms with Crippen LogP contribution in [0.5, 0.6) is 0 Å². The van der Waals surface area contributed by atoms with E-state index in [0.29, 0.717) is 43.6 Å². The molecule has 40 heavy (non-hydrogen) atoms. The maximum absolute atomic E-state index is 14.2.